The van der Waals surface area contributed by atoms with Crippen LogP contribution in [-0.4, -0.2) is 28.8 Å². The van der Waals surface area contributed by atoms with Crippen LogP contribution in [0.15, 0.2) is 42.5 Å². The Labute approximate surface area is 201 Å². The van der Waals surface area contributed by atoms with Gasteiger partial charge in [0, 0.05) is 12.6 Å². The first-order valence-corrected chi connectivity index (χ1v) is 12.2. The highest BCUT2D eigenvalue weighted by Crippen LogP contribution is 2.25. The highest BCUT2D eigenvalue weighted by atomic mass is 35.5. The molecule has 32 heavy (non-hydrogen) atoms. The van der Waals surface area contributed by atoms with Crippen molar-refractivity contribution < 1.29 is 9.59 Å². The van der Waals surface area contributed by atoms with Gasteiger partial charge >= 0.3 is 0 Å². The molecule has 1 N–H and O–H groups in total. The molecule has 1 aliphatic carbocycles. The van der Waals surface area contributed by atoms with E-state index in [1.165, 1.54) is 6.42 Å². The molecule has 1 fully saturated rings. The maximum atomic E-state index is 13.5. The van der Waals surface area contributed by atoms with Gasteiger partial charge in [-0.25, -0.2) is 0 Å². The molecule has 4 nitrogen and oxygen atoms in total. The number of nitrogens with one attached hydrogen (secondary N) is 1. The summed E-state index contributed by atoms with van der Waals surface area (Å²) in [6.45, 7) is 4.26. The molecule has 2 amide bonds. The predicted molar refractivity (Wildman–Crippen MR) is 131 cm³/mol. The summed E-state index contributed by atoms with van der Waals surface area (Å²) in [5.41, 5.74) is 2.89. The first-order valence-electron chi connectivity index (χ1n) is 11.5. The van der Waals surface area contributed by atoms with Gasteiger partial charge < -0.3 is 10.2 Å². The number of benzene rings is 2. The molecular weight excluding hydrogens is 443 g/mol. The van der Waals surface area contributed by atoms with Crippen LogP contribution >= 0.6 is 23.2 Å². The minimum absolute atomic E-state index is 0.0722. The zero-order valence-corrected chi connectivity index (χ0v) is 20.4. The number of hydrogen-bond acceptors (Lipinski definition) is 2. The van der Waals surface area contributed by atoms with Crippen LogP contribution in [0.25, 0.3) is 0 Å². The van der Waals surface area contributed by atoms with E-state index in [1.54, 1.807) is 17.0 Å². The quantitative estimate of drug-likeness (QED) is 0.502. The van der Waals surface area contributed by atoms with E-state index in [1.807, 2.05) is 44.2 Å². The van der Waals surface area contributed by atoms with E-state index in [2.05, 4.69) is 5.32 Å². The molecule has 1 aliphatic rings. The third-order valence-corrected chi connectivity index (χ3v) is 6.85. The summed E-state index contributed by atoms with van der Waals surface area (Å²) in [6.07, 6.45) is 6.30. The van der Waals surface area contributed by atoms with Crippen LogP contribution in [0.4, 0.5) is 0 Å². The lowest BCUT2D eigenvalue weighted by Crippen LogP contribution is -2.51. The van der Waals surface area contributed by atoms with Crippen molar-refractivity contribution in [3.8, 4) is 0 Å². The molecule has 3 rings (SSSR count). The minimum atomic E-state index is -0.538. The van der Waals surface area contributed by atoms with E-state index in [9.17, 15) is 9.59 Å². The van der Waals surface area contributed by atoms with Gasteiger partial charge in [0.15, 0.2) is 0 Å². The fraction of sp³-hybridized carbons (Fsp3) is 0.462. The van der Waals surface area contributed by atoms with Crippen molar-refractivity contribution in [2.75, 3.05) is 0 Å². The Morgan fingerprint density at radius 2 is 1.78 bits per heavy atom. The first kappa shape index (κ1) is 24.6. The Morgan fingerprint density at radius 3 is 2.44 bits per heavy atom. The second kappa shape index (κ2) is 11.7. The maximum absolute atomic E-state index is 13.5. The van der Waals surface area contributed by atoms with Crippen LogP contribution in [-0.2, 0) is 22.6 Å². The average molecular weight is 475 g/mol. The fourth-order valence-corrected chi connectivity index (χ4v) is 4.72. The molecule has 2 aromatic rings. The van der Waals surface area contributed by atoms with E-state index >= 15 is 0 Å². The van der Waals surface area contributed by atoms with E-state index in [-0.39, 0.29) is 24.3 Å². The number of rotatable bonds is 8. The zero-order valence-electron chi connectivity index (χ0n) is 18.9. The second-order valence-corrected chi connectivity index (χ2v) is 9.52. The molecule has 0 bridgehead atoms. The number of nitrogens with zero attached hydrogens (tertiary/aromatic N) is 1. The maximum Gasteiger partial charge on any atom is 0.243 e. The van der Waals surface area contributed by atoms with Crippen LogP contribution in [0.2, 0.25) is 10.0 Å². The largest absolute Gasteiger partial charge is 0.352 e. The molecule has 0 heterocycles. The summed E-state index contributed by atoms with van der Waals surface area (Å²) in [7, 11) is 0. The van der Waals surface area contributed by atoms with Gasteiger partial charge in [0.1, 0.15) is 6.04 Å². The third kappa shape index (κ3) is 6.73. The van der Waals surface area contributed by atoms with E-state index in [0.717, 1.165) is 42.4 Å². The van der Waals surface area contributed by atoms with Crippen molar-refractivity contribution in [1.29, 1.82) is 0 Å². The normalized spacial score (nSPS) is 15.2. The Kier molecular flexibility index (Phi) is 9.01. The van der Waals surface area contributed by atoms with E-state index in [4.69, 9.17) is 23.2 Å². The fourth-order valence-electron chi connectivity index (χ4n) is 4.40. The Hall–Kier alpha value is -2.04. The molecule has 0 saturated heterocycles. The summed E-state index contributed by atoms with van der Waals surface area (Å²) in [5, 5.41) is 4.11. The second-order valence-electron chi connectivity index (χ2n) is 8.70. The Bertz CT molecular complexity index is 941. The van der Waals surface area contributed by atoms with Crippen molar-refractivity contribution in [2.24, 2.45) is 0 Å². The molecule has 2 aromatic carbocycles. The van der Waals surface area contributed by atoms with Crippen LogP contribution in [0.3, 0.4) is 0 Å². The third-order valence-electron chi connectivity index (χ3n) is 6.11. The smallest absolute Gasteiger partial charge is 0.243 e. The number of aryl methyl sites for hydroxylation is 1. The van der Waals surface area contributed by atoms with Crippen molar-refractivity contribution >= 4 is 35.0 Å². The first-order chi connectivity index (χ1) is 15.4. The average Bonchev–Trinajstić information content (AvgIpc) is 2.76. The van der Waals surface area contributed by atoms with E-state index in [0.29, 0.717) is 23.0 Å². The summed E-state index contributed by atoms with van der Waals surface area (Å²) in [5.74, 6) is -0.149. The molecule has 0 aromatic heterocycles. The van der Waals surface area contributed by atoms with Gasteiger partial charge in [-0.2, -0.15) is 0 Å². The zero-order chi connectivity index (χ0) is 23.1. The van der Waals surface area contributed by atoms with Crippen LogP contribution in [0, 0.1) is 6.92 Å². The Balaban J connectivity index is 1.83. The number of carbonyl (C=O) groups is 2. The summed E-state index contributed by atoms with van der Waals surface area (Å²) >= 11 is 12.3. The van der Waals surface area contributed by atoms with Crippen LogP contribution in [0.5, 0.6) is 0 Å². The number of carbonyl (C=O) groups excluding carboxylic acids is 2. The number of halogens is 2. The molecule has 0 aliphatic heterocycles. The van der Waals surface area contributed by atoms with Crippen LogP contribution < -0.4 is 5.32 Å². The predicted octanol–water partition coefficient (Wildman–Crippen LogP) is 6.10. The molecule has 0 spiro atoms. The Morgan fingerprint density at radius 1 is 1.03 bits per heavy atom. The van der Waals surface area contributed by atoms with Crippen molar-refractivity contribution in [2.45, 2.75) is 77.4 Å². The van der Waals surface area contributed by atoms with Crippen LogP contribution in [0.1, 0.15) is 62.1 Å². The molecule has 6 heteroatoms. The SMILES string of the molecule is CC[C@@H](C(=O)NC1CCCCC1)N(Cc1ccc(Cl)c(Cl)c1)C(=O)Cc1cccc(C)c1. The van der Waals surface area contributed by atoms with Gasteiger partial charge in [-0.05, 0) is 49.4 Å². The lowest BCUT2D eigenvalue weighted by Gasteiger charge is -2.33. The van der Waals surface area contributed by atoms with Gasteiger partial charge in [-0.1, -0.05) is 85.3 Å². The minimum Gasteiger partial charge on any atom is -0.352 e. The monoisotopic (exact) mass is 474 g/mol. The van der Waals surface area contributed by atoms with E-state index < -0.39 is 6.04 Å². The van der Waals surface area contributed by atoms with Gasteiger partial charge in [0.05, 0.1) is 16.5 Å². The van der Waals surface area contributed by atoms with Crippen molar-refractivity contribution in [3.05, 3.63) is 69.2 Å². The van der Waals surface area contributed by atoms with Gasteiger partial charge in [0.2, 0.25) is 11.8 Å². The highest BCUT2D eigenvalue weighted by Gasteiger charge is 2.30. The lowest BCUT2D eigenvalue weighted by molar-refractivity contribution is -0.141. The van der Waals surface area contributed by atoms with Crippen molar-refractivity contribution in [3.63, 3.8) is 0 Å². The summed E-state index contributed by atoms with van der Waals surface area (Å²) in [6, 6.07) is 12.9. The molecule has 1 saturated carbocycles. The summed E-state index contributed by atoms with van der Waals surface area (Å²) in [4.78, 5) is 28.4. The molecular formula is C26H32Cl2N2O2. The molecule has 172 valence electrons. The number of amides is 2. The van der Waals surface area contributed by atoms with Gasteiger partial charge in [-0.3, -0.25) is 9.59 Å². The lowest BCUT2D eigenvalue weighted by atomic mass is 9.95. The van der Waals surface area contributed by atoms with Crippen molar-refractivity contribution in [1.82, 2.24) is 10.2 Å². The topological polar surface area (TPSA) is 49.4 Å². The molecule has 0 radical (unpaired) electrons. The molecule has 1 atom stereocenters. The highest BCUT2D eigenvalue weighted by molar-refractivity contribution is 6.42. The number of hydrogen-bond donors (Lipinski definition) is 1. The van der Waals surface area contributed by atoms with Gasteiger partial charge in [-0.15, -0.1) is 0 Å². The molecule has 0 unspecified atom stereocenters. The summed E-state index contributed by atoms with van der Waals surface area (Å²) < 4.78 is 0. The standard InChI is InChI=1S/C26H32Cl2N2O2/c1-3-24(26(32)29-21-10-5-4-6-11-21)30(17-20-12-13-22(27)23(28)15-20)25(31)16-19-9-7-8-18(2)14-19/h7-9,12-15,21,24H,3-6,10-11,16-17H2,1-2H3,(H,29,32)/t24-/m0/s1. The van der Waals surface area contributed by atoms with Gasteiger partial charge in [0.25, 0.3) is 0 Å².